The molecule has 0 aromatic carbocycles. The molecule has 0 aromatic heterocycles. The summed E-state index contributed by atoms with van der Waals surface area (Å²) in [6, 6.07) is -1.69. The van der Waals surface area contributed by atoms with Gasteiger partial charge in [0.25, 0.3) is 0 Å². The number of aliphatic carboxylic acids is 2. The van der Waals surface area contributed by atoms with Gasteiger partial charge >= 0.3 is 11.9 Å². The Balaban J connectivity index is 4.06. The third kappa shape index (κ3) is 16.8. The number of hydrogen-bond donors (Lipinski definition) is 9. The lowest BCUT2D eigenvalue weighted by molar-refractivity contribution is -0.147. The molecule has 200 valence electrons. The number of nitrogens with one attached hydrogen (secondary N) is 7. The first-order chi connectivity index (χ1) is 16.8. The summed E-state index contributed by atoms with van der Waals surface area (Å²) < 4.78 is 0. The van der Waals surface area contributed by atoms with Crippen molar-refractivity contribution in [3.8, 4) is 0 Å². The molecular formula is C18H27N7O11. The Bertz CT molecular complexity index is 891. The molecule has 0 unspecified atom stereocenters. The predicted octanol–water partition coefficient (Wildman–Crippen LogP) is -6.25. The van der Waals surface area contributed by atoms with Gasteiger partial charge in [0, 0.05) is 6.92 Å². The van der Waals surface area contributed by atoms with Crippen LogP contribution >= 0.6 is 0 Å². The van der Waals surface area contributed by atoms with E-state index in [0.29, 0.717) is 0 Å². The standard InChI is InChI=1S/C18H27N7O11/c1-9(26)19-3-11(27)20-4-12(28)21-5-13(29)22-6-14(30)23-7-15(31)24-8-16(32)25-10(18(35)36)2-17(33)34/h10H,2-8H2,1H3,(H,19,26)(H,20,27)(H,21,28)(H,22,29)(H,23,30)(H,24,31)(H,25,32)(H,33,34)(H,35,36)/t10-/m0/s1. The average Bonchev–Trinajstić information content (AvgIpc) is 2.80. The minimum atomic E-state index is -1.69. The third-order valence-electron chi connectivity index (χ3n) is 3.74. The van der Waals surface area contributed by atoms with Crippen LogP contribution in [0.3, 0.4) is 0 Å². The molecule has 9 N–H and O–H groups in total. The van der Waals surface area contributed by atoms with E-state index in [-0.39, 0.29) is 6.54 Å². The lowest BCUT2D eigenvalue weighted by atomic mass is 10.2. The summed E-state index contributed by atoms with van der Waals surface area (Å²) in [6.07, 6.45) is -0.864. The van der Waals surface area contributed by atoms with Crippen molar-refractivity contribution in [2.75, 3.05) is 39.3 Å². The summed E-state index contributed by atoms with van der Waals surface area (Å²) in [6.45, 7) is -1.88. The predicted molar refractivity (Wildman–Crippen MR) is 116 cm³/mol. The monoisotopic (exact) mass is 517 g/mol. The normalized spacial score (nSPS) is 10.6. The fourth-order valence-corrected chi connectivity index (χ4v) is 2.03. The molecule has 0 saturated heterocycles. The van der Waals surface area contributed by atoms with Gasteiger partial charge in [-0.25, -0.2) is 4.79 Å². The SMILES string of the molecule is CC(=O)NCC(=O)NCC(=O)NCC(=O)NCC(=O)NCC(=O)NCC(=O)N[C@@H](CC(=O)O)C(=O)O. The maximum Gasteiger partial charge on any atom is 0.326 e. The zero-order valence-electron chi connectivity index (χ0n) is 19.1. The molecule has 18 nitrogen and oxygen atoms in total. The molecule has 1 atom stereocenters. The summed E-state index contributed by atoms with van der Waals surface area (Å²) in [5.41, 5.74) is 0. The summed E-state index contributed by atoms with van der Waals surface area (Å²) in [5, 5.41) is 32.3. The molecule has 0 heterocycles. The van der Waals surface area contributed by atoms with Crippen molar-refractivity contribution in [2.45, 2.75) is 19.4 Å². The van der Waals surface area contributed by atoms with Gasteiger partial charge in [-0.05, 0) is 0 Å². The summed E-state index contributed by atoms with van der Waals surface area (Å²) in [7, 11) is 0. The fraction of sp³-hybridized carbons (Fsp3) is 0.500. The topological polar surface area (TPSA) is 278 Å². The first-order valence-electron chi connectivity index (χ1n) is 10.1. The molecule has 18 heteroatoms. The molecule has 0 radical (unpaired) electrons. The van der Waals surface area contributed by atoms with Gasteiger partial charge in [0.2, 0.25) is 41.4 Å². The minimum Gasteiger partial charge on any atom is -0.481 e. The van der Waals surface area contributed by atoms with E-state index in [1.54, 1.807) is 0 Å². The third-order valence-corrected chi connectivity index (χ3v) is 3.74. The second-order valence-electron chi connectivity index (χ2n) is 6.85. The maximum absolute atomic E-state index is 11.7. The highest BCUT2D eigenvalue weighted by Gasteiger charge is 2.23. The molecule has 36 heavy (non-hydrogen) atoms. The first-order valence-corrected chi connectivity index (χ1v) is 10.1. The molecule has 0 spiro atoms. The van der Waals surface area contributed by atoms with Crippen molar-refractivity contribution in [1.29, 1.82) is 0 Å². The van der Waals surface area contributed by atoms with Crippen molar-refractivity contribution in [3.05, 3.63) is 0 Å². The number of carbonyl (C=O) groups excluding carboxylic acids is 7. The quantitative estimate of drug-likeness (QED) is 0.0928. The highest BCUT2D eigenvalue weighted by Crippen LogP contribution is 1.92. The number of carboxylic acid groups (broad SMARTS) is 2. The van der Waals surface area contributed by atoms with Gasteiger partial charge in [-0.3, -0.25) is 38.4 Å². The molecule has 0 aliphatic carbocycles. The van der Waals surface area contributed by atoms with Crippen molar-refractivity contribution >= 4 is 53.3 Å². The van der Waals surface area contributed by atoms with Crippen LogP contribution < -0.4 is 37.2 Å². The maximum atomic E-state index is 11.7. The van der Waals surface area contributed by atoms with Crippen molar-refractivity contribution in [2.24, 2.45) is 0 Å². The highest BCUT2D eigenvalue weighted by atomic mass is 16.4. The van der Waals surface area contributed by atoms with Gasteiger partial charge in [0.05, 0.1) is 45.7 Å². The number of rotatable bonds is 16. The minimum absolute atomic E-state index is 0.318. The summed E-state index contributed by atoms with van der Waals surface area (Å²) in [4.78, 5) is 102. The molecule has 0 aromatic rings. The van der Waals surface area contributed by atoms with Crippen molar-refractivity contribution in [1.82, 2.24) is 37.2 Å². The Hall–Kier alpha value is -4.77. The molecule has 7 amide bonds. The van der Waals surface area contributed by atoms with Gasteiger partial charge in [0.1, 0.15) is 6.04 Å². The second kappa shape index (κ2) is 16.8. The second-order valence-corrected chi connectivity index (χ2v) is 6.85. The van der Waals surface area contributed by atoms with E-state index in [9.17, 15) is 43.2 Å². The van der Waals surface area contributed by atoms with E-state index >= 15 is 0 Å². The summed E-state index contributed by atoms with van der Waals surface area (Å²) in [5.74, 6) is -8.11. The van der Waals surface area contributed by atoms with E-state index in [2.05, 4.69) is 31.9 Å². The largest absolute Gasteiger partial charge is 0.481 e. The van der Waals surface area contributed by atoms with Crippen LogP contribution in [-0.4, -0.2) is 109 Å². The van der Waals surface area contributed by atoms with Crippen LogP contribution in [0.4, 0.5) is 0 Å². The molecule has 0 bridgehead atoms. The molecule has 0 saturated carbocycles. The first kappa shape index (κ1) is 31.2. The Morgan fingerprint density at radius 2 is 0.833 bits per heavy atom. The lowest BCUT2D eigenvalue weighted by Gasteiger charge is -2.13. The molecule has 0 aliphatic heterocycles. The highest BCUT2D eigenvalue weighted by molar-refractivity contribution is 5.93. The van der Waals surface area contributed by atoms with E-state index < -0.39 is 98.5 Å². The number of carbonyl (C=O) groups is 9. The lowest BCUT2D eigenvalue weighted by Crippen LogP contribution is -2.48. The van der Waals surface area contributed by atoms with Gasteiger partial charge < -0.3 is 47.4 Å². The summed E-state index contributed by atoms with van der Waals surface area (Å²) >= 11 is 0. The van der Waals surface area contributed by atoms with Crippen LogP contribution in [-0.2, 0) is 43.2 Å². The Labute approximate surface area is 203 Å². The van der Waals surface area contributed by atoms with E-state index in [4.69, 9.17) is 10.2 Å². The Morgan fingerprint density at radius 1 is 0.528 bits per heavy atom. The van der Waals surface area contributed by atoms with Crippen LogP contribution in [0, 0.1) is 0 Å². The van der Waals surface area contributed by atoms with Crippen LogP contribution in [0.2, 0.25) is 0 Å². The van der Waals surface area contributed by atoms with Gasteiger partial charge in [-0.15, -0.1) is 0 Å². The molecular weight excluding hydrogens is 490 g/mol. The Morgan fingerprint density at radius 3 is 1.11 bits per heavy atom. The van der Waals surface area contributed by atoms with Crippen LogP contribution in [0.1, 0.15) is 13.3 Å². The van der Waals surface area contributed by atoms with E-state index in [0.717, 1.165) is 0 Å². The van der Waals surface area contributed by atoms with Crippen LogP contribution in [0.25, 0.3) is 0 Å². The van der Waals surface area contributed by atoms with Crippen LogP contribution in [0.15, 0.2) is 0 Å². The van der Waals surface area contributed by atoms with Gasteiger partial charge in [-0.1, -0.05) is 0 Å². The fourth-order valence-electron chi connectivity index (χ4n) is 2.03. The molecule has 0 rings (SSSR count). The number of carboxylic acids is 2. The zero-order valence-corrected chi connectivity index (χ0v) is 19.1. The molecule has 0 fully saturated rings. The smallest absolute Gasteiger partial charge is 0.326 e. The van der Waals surface area contributed by atoms with Crippen LogP contribution in [0.5, 0.6) is 0 Å². The van der Waals surface area contributed by atoms with Crippen molar-refractivity contribution < 1.29 is 53.4 Å². The average molecular weight is 517 g/mol. The van der Waals surface area contributed by atoms with Gasteiger partial charge in [0.15, 0.2) is 0 Å². The zero-order chi connectivity index (χ0) is 27.7. The van der Waals surface area contributed by atoms with E-state index in [1.807, 2.05) is 5.32 Å². The van der Waals surface area contributed by atoms with E-state index in [1.165, 1.54) is 6.92 Å². The van der Waals surface area contributed by atoms with Gasteiger partial charge in [-0.2, -0.15) is 0 Å². The van der Waals surface area contributed by atoms with Crippen molar-refractivity contribution in [3.63, 3.8) is 0 Å². The number of hydrogen-bond acceptors (Lipinski definition) is 9. The Kier molecular flexibility index (Phi) is 14.6. The molecule has 0 aliphatic rings. The number of amides is 7.